The van der Waals surface area contributed by atoms with Crippen molar-refractivity contribution in [3.8, 4) is 0 Å². The zero-order chi connectivity index (χ0) is 17.6. The molecule has 25 heavy (non-hydrogen) atoms. The lowest BCUT2D eigenvalue weighted by atomic mass is 10.2. The second-order valence-electron chi connectivity index (χ2n) is 5.67. The number of hydrogen-bond donors (Lipinski definition) is 1. The van der Waals surface area contributed by atoms with E-state index in [9.17, 15) is 4.79 Å². The van der Waals surface area contributed by atoms with E-state index in [-0.39, 0.29) is 11.4 Å². The van der Waals surface area contributed by atoms with E-state index in [2.05, 4.69) is 4.99 Å². The lowest BCUT2D eigenvalue weighted by Gasteiger charge is -2.08. The molecule has 0 spiro atoms. The molecule has 2 N–H and O–H groups in total. The number of rotatable bonds is 5. The van der Waals surface area contributed by atoms with E-state index < -0.39 is 0 Å². The standard InChI is InChI=1S/C20H18ClN3O/c21-17-10-8-16(9-11-17)14-24-12-4-7-18(20(24)25)19(22)23-13-15-5-2-1-3-6-15/h1-12H,13-14H2,(H2,22,23). The molecule has 0 radical (unpaired) electrons. The minimum atomic E-state index is -0.160. The molecule has 3 aromatic rings. The number of aliphatic imine (C=N–C) groups is 1. The van der Waals surface area contributed by atoms with E-state index in [0.29, 0.717) is 23.7 Å². The van der Waals surface area contributed by atoms with Crippen molar-refractivity contribution in [1.82, 2.24) is 4.57 Å². The summed E-state index contributed by atoms with van der Waals surface area (Å²) in [5.41, 5.74) is 8.33. The summed E-state index contributed by atoms with van der Waals surface area (Å²) in [6.07, 6.45) is 1.74. The summed E-state index contributed by atoms with van der Waals surface area (Å²) in [5.74, 6) is 0.249. The molecule has 5 heteroatoms. The number of benzene rings is 2. The first-order valence-electron chi connectivity index (χ1n) is 7.91. The smallest absolute Gasteiger partial charge is 0.261 e. The van der Waals surface area contributed by atoms with Gasteiger partial charge in [0.1, 0.15) is 5.84 Å². The van der Waals surface area contributed by atoms with Gasteiger partial charge in [-0.05, 0) is 35.4 Å². The predicted molar refractivity (Wildman–Crippen MR) is 102 cm³/mol. The number of pyridine rings is 1. The van der Waals surface area contributed by atoms with Crippen molar-refractivity contribution in [3.63, 3.8) is 0 Å². The number of nitrogens with zero attached hydrogens (tertiary/aromatic N) is 2. The van der Waals surface area contributed by atoms with E-state index in [0.717, 1.165) is 11.1 Å². The second-order valence-corrected chi connectivity index (χ2v) is 6.10. The van der Waals surface area contributed by atoms with Crippen LogP contribution in [0.4, 0.5) is 0 Å². The van der Waals surface area contributed by atoms with Crippen LogP contribution in [0.2, 0.25) is 5.02 Å². The molecule has 126 valence electrons. The molecule has 1 heterocycles. The van der Waals surface area contributed by atoms with E-state index in [1.54, 1.807) is 35.0 Å². The molecule has 0 amide bonds. The van der Waals surface area contributed by atoms with Gasteiger partial charge in [0, 0.05) is 11.2 Å². The zero-order valence-electron chi connectivity index (χ0n) is 13.6. The van der Waals surface area contributed by atoms with Gasteiger partial charge in [-0.25, -0.2) is 0 Å². The molecule has 0 saturated carbocycles. The van der Waals surface area contributed by atoms with Crippen LogP contribution in [0, 0.1) is 0 Å². The maximum atomic E-state index is 12.7. The van der Waals surface area contributed by atoms with Gasteiger partial charge in [0.2, 0.25) is 0 Å². The van der Waals surface area contributed by atoms with Gasteiger partial charge in [0.25, 0.3) is 5.56 Å². The molecule has 3 rings (SSSR count). The molecule has 4 nitrogen and oxygen atoms in total. The van der Waals surface area contributed by atoms with Gasteiger partial charge >= 0.3 is 0 Å². The summed E-state index contributed by atoms with van der Waals surface area (Å²) >= 11 is 5.90. The first-order chi connectivity index (χ1) is 12.1. The zero-order valence-corrected chi connectivity index (χ0v) is 14.4. The lowest BCUT2D eigenvalue weighted by Crippen LogP contribution is -2.30. The van der Waals surface area contributed by atoms with Crippen LogP contribution < -0.4 is 11.3 Å². The summed E-state index contributed by atoms with van der Waals surface area (Å²) in [7, 11) is 0. The van der Waals surface area contributed by atoms with Gasteiger partial charge in [-0.3, -0.25) is 9.79 Å². The molecule has 1 aromatic heterocycles. The third-order valence-corrected chi connectivity index (χ3v) is 4.09. The highest BCUT2D eigenvalue weighted by Gasteiger charge is 2.07. The van der Waals surface area contributed by atoms with Crippen LogP contribution in [0.1, 0.15) is 16.7 Å². The Balaban J connectivity index is 1.82. The Morgan fingerprint density at radius 2 is 1.68 bits per heavy atom. The van der Waals surface area contributed by atoms with Crippen molar-refractivity contribution in [1.29, 1.82) is 0 Å². The van der Waals surface area contributed by atoms with Crippen molar-refractivity contribution in [2.75, 3.05) is 0 Å². The van der Waals surface area contributed by atoms with Crippen LogP contribution in [0.5, 0.6) is 0 Å². The number of hydrogen-bond acceptors (Lipinski definition) is 2. The topological polar surface area (TPSA) is 60.4 Å². The Labute approximate surface area is 151 Å². The van der Waals surface area contributed by atoms with Gasteiger partial charge in [-0.1, -0.05) is 54.1 Å². The largest absolute Gasteiger partial charge is 0.383 e. The van der Waals surface area contributed by atoms with E-state index in [1.807, 2.05) is 42.5 Å². The van der Waals surface area contributed by atoms with Gasteiger partial charge in [-0.15, -0.1) is 0 Å². The van der Waals surface area contributed by atoms with Crippen molar-refractivity contribution in [2.24, 2.45) is 10.7 Å². The average Bonchev–Trinajstić information content (AvgIpc) is 2.64. The fourth-order valence-corrected chi connectivity index (χ4v) is 2.61. The number of amidine groups is 1. The molecular weight excluding hydrogens is 334 g/mol. The highest BCUT2D eigenvalue weighted by molar-refractivity contribution is 6.30. The van der Waals surface area contributed by atoms with Gasteiger partial charge in [0.15, 0.2) is 0 Å². The minimum Gasteiger partial charge on any atom is -0.383 e. The molecule has 0 atom stereocenters. The van der Waals surface area contributed by atoms with E-state index in [1.165, 1.54) is 0 Å². The molecule has 0 unspecified atom stereocenters. The first-order valence-corrected chi connectivity index (χ1v) is 8.29. The Kier molecular flexibility index (Phi) is 5.31. The number of nitrogens with two attached hydrogens (primary N) is 1. The third kappa shape index (κ3) is 4.37. The Bertz CT molecular complexity index is 931. The normalized spacial score (nSPS) is 11.5. The fraction of sp³-hybridized carbons (Fsp3) is 0.100. The van der Waals surface area contributed by atoms with Crippen LogP contribution >= 0.6 is 11.6 Å². The molecule has 0 aliphatic heterocycles. The highest BCUT2D eigenvalue weighted by atomic mass is 35.5. The van der Waals surface area contributed by atoms with E-state index >= 15 is 0 Å². The average molecular weight is 352 g/mol. The first kappa shape index (κ1) is 17.0. The van der Waals surface area contributed by atoms with E-state index in [4.69, 9.17) is 17.3 Å². The van der Waals surface area contributed by atoms with Crippen molar-refractivity contribution in [3.05, 3.63) is 105 Å². The quantitative estimate of drug-likeness (QED) is 0.565. The Morgan fingerprint density at radius 3 is 2.40 bits per heavy atom. The molecule has 0 bridgehead atoms. The van der Waals surface area contributed by atoms with Crippen LogP contribution in [0.15, 0.2) is 82.7 Å². The van der Waals surface area contributed by atoms with Gasteiger partial charge < -0.3 is 10.3 Å². The van der Waals surface area contributed by atoms with Crippen LogP contribution in [-0.4, -0.2) is 10.4 Å². The predicted octanol–water partition coefficient (Wildman–Crippen LogP) is 3.46. The number of halogens is 1. The molecule has 0 saturated heterocycles. The molecule has 0 aliphatic rings. The maximum Gasteiger partial charge on any atom is 0.261 e. The number of aromatic nitrogens is 1. The lowest BCUT2D eigenvalue weighted by molar-refractivity contribution is 0.757. The third-order valence-electron chi connectivity index (χ3n) is 3.84. The Morgan fingerprint density at radius 1 is 0.960 bits per heavy atom. The van der Waals surface area contributed by atoms with Crippen LogP contribution in [0.3, 0.4) is 0 Å². The molecular formula is C20H18ClN3O. The summed E-state index contributed by atoms with van der Waals surface area (Å²) in [6, 6.07) is 20.7. The van der Waals surface area contributed by atoms with Crippen molar-refractivity contribution in [2.45, 2.75) is 13.1 Å². The fourth-order valence-electron chi connectivity index (χ4n) is 2.49. The Hall–Kier alpha value is -2.85. The van der Waals surface area contributed by atoms with Crippen molar-refractivity contribution < 1.29 is 0 Å². The molecule has 2 aromatic carbocycles. The highest BCUT2D eigenvalue weighted by Crippen LogP contribution is 2.10. The SMILES string of the molecule is NC(=NCc1ccccc1)c1cccn(Cc2ccc(Cl)cc2)c1=O. The van der Waals surface area contributed by atoms with Crippen LogP contribution in [0.25, 0.3) is 0 Å². The van der Waals surface area contributed by atoms with Gasteiger partial charge in [0.05, 0.1) is 18.7 Å². The van der Waals surface area contributed by atoms with Crippen LogP contribution in [-0.2, 0) is 13.1 Å². The second kappa shape index (κ2) is 7.81. The monoisotopic (exact) mass is 351 g/mol. The maximum absolute atomic E-state index is 12.7. The summed E-state index contributed by atoms with van der Waals surface area (Å²) in [6.45, 7) is 0.897. The summed E-state index contributed by atoms with van der Waals surface area (Å²) < 4.78 is 1.61. The minimum absolute atomic E-state index is 0.160. The molecule has 0 fully saturated rings. The van der Waals surface area contributed by atoms with Crippen molar-refractivity contribution >= 4 is 17.4 Å². The summed E-state index contributed by atoms with van der Waals surface area (Å²) in [5, 5.41) is 0.669. The molecule has 0 aliphatic carbocycles. The van der Waals surface area contributed by atoms with Gasteiger partial charge in [-0.2, -0.15) is 0 Å². The summed E-state index contributed by atoms with van der Waals surface area (Å²) in [4.78, 5) is 17.0.